The van der Waals surface area contributed by atoms with Gasteiger partial charge in [0.25, 0.3) is 0 Å². The number of halogens is 1. The highest BCUT2D eigenvalue weighted by atomic mass is 19.1. The summed E-state index contributed by atoms with van der Waals surface area (Å²) in [5.74, 6) is -0.348. The van der Waals surface area contributed by atoms with E-state index in [1.165, 1.54) is 12.3 Å². The zero-order valence-corrected chi connectivity index (χ0v) is 12.7. The van der Waals surface area contributed by atoms with Crippen molar-refractivity contribution in [3.05, 3.63) is 29.8 Å². The Morgan fingerprint density at radius 1 is 1.52 bits per heavy atom. The Kier molecular flexibility index (Phi) is 5.64. The van der Waals surface area contributed by atoms with Gasteiger partial charge in [-0.3, -0.25) is 9.88 Å². The van der Waals surface area contributed by atoms with Crippen LogP contribution in [0.3, 0.4) is 0 Å². The first-order valence-electron chi connectivity index (χ1n) is 7.39. The zero-order chi connectivity index (χ0) is 15.4. The van der Waals surface area contributed by atoms with Crippen LogP contribution in [-0.2, 0) is 0 Å². The monoisotopic (exact) mass is 296 g/mol. The van der Waals surface area contributed by atoms with Crippen molar-refractivity contribution in [2.45, 2.75) is 31.0 Å². The minimum absolute atomic E-state index is 0.205. The molecule has 2 rings (SSSR count). The Hall–Kier alpha value is -1.08. The van der Waals surface area contributed by atoms with Crippen molar-refractivity contribution in [3.8, 4) is 0 Å². The highest BCUT2D eigenvalue weighted by Crippen LogP contribution is 2.21. The molecular formula is C15H25FN4O. The molecule has 0 aliphatic carbocycles. The van der Waals surface area contributed by atoms with Crippen molar-refractivity contribution in [1.29, 1.82) is 0 Å². The Labute approximate surface area is 125 Å². The number of pyridine rings is 1. The summed E-state index contributed by atoms with van der Waals surface area (Å²) < 4.78 is 12.9. The second kappa shape index (κ2) is 7.26. The van der Waals surface area contributed by atoms with E-state index in [2.05, 4.69) is 14.8 Å². The van der Waals surface area contributed by atoms with Crippen LogP contribution >= 0.6 is 0 Å². The number of aliphatic hydroxyl groups excluding tert-OH is 1. The summed E-state index contributed by atoms with van der Waals surface area (Å²) in [5, 5.41) is 9.85. The predicted molar refractivity (Wildman–Crippen MR) is 80.3 cm³/mol. The largest absolute Gasteiger partial charge is 0.392 e. The van der Waals surface area contributed by atoms with Gasteiger partial charge in [-0.25, -0.2) is 4.39 Å². The van der Waals surface area contributed by atoms with Crippen LogP contribution in [0.5, 0.6) is 0 Å². The maximum Gasteiger partial charge on any atom is 0.141 e. The molecule has 118 valence electrons. The Bertz CT molecular complexity index is 440. The minimum atomic E-state index is -0.348. The summed E-state index contributed by atoms with van der Waals surface area (Å²) in [6.07, 6.45) is 2.50. The third-order valence-corrected chi connectivity index (χ3v) is 3.94. The van der Waals surface area contributed by atoms with E-state index in [0.717, 1.165) is 25.9 Å². The maximum atomic E-state index is 12.9. The fourth-order valence-corrected chi connectivity index (χ4v) is 2.90. The molecule has 0 spiro atoms. The minimum Gasteiger partial charge on any atom is -0.392 e. The molecule has 21 heavy (non-hydrogen) atoms. The highest BCUT2D eigenvalue weighted by molar-refractivity contribution is 5.09. The highest BCUT2D eigenvalue weighted by Gasteiger charge is 2.31. The quantitative estimate of drug-likeness (QED) is 0.805. The maximum absolute atomic E-state index is 12.9. The van der Waals surface area contributed by atoms with Crippen molar-refractivity contribution >= 4 is 0 Å². The average molecular weight is 296 g/mol. The van der Waals surface area contributed by atoms with Gasteiger partial charge in [-0.15, -0.1) is 0 Å². The van der Waals surface area contributed by atoms with Crippen LogP contribution in [0.15, 0.2) is 18.3 Å². The second-order valence-corrected chi connectivity index (χ2v) is 6.10. The number of nitrogens with two attached hydrogens (primary N) is 1. The topological polar surface area (TPSA) is 65.6 Å². The fourth-order valence-electron chi connectivity index (χ4n) is 2.90. The molecule has 1 aromatic heterocycles. The van der Waals surface area contributed by atoms with Gasteiger partial charge in [-0.1, -0.05) is 0 Å². The number of hydrogen-bond donors (Lipinski definition) is 2. The van der Waals surface area contributed by atoms with E-state index in [-0.39, 0.29) is 18.0 Å². The van der Waals surface area contributed by atoms with E-state index in [9.17, 15) is 9.50 Å². The molecule has 3 N–H and O–H groups in total. The number of aromatic nitrogens is 1. The summed E-state index contributed by atoms with van der Waals surface area (Å²) >= 11 is 0. The van der Waals surface area contributed by atoms with Gasteiger partial charge in [0, 0.05) is 31.7 Å². The first kappa shape index (κ1) is 16.3. The molecule has 3 atom stereocenters. The third kappa shape index (κ3) is 4.71. The van der Waals surface area contributed by atoms with Gasteiger partial charge < -0.3 is 15.7 Å². The summed E-state index contributed by atoms with van der Waals surface area (Å²) in [6.45, 7) is 2.44. The lowest BCUT2D eigenvalue weighted by Gasteiger charge is -2.27. The van der Waals surface area contributed by atoms with Gasteiger partial charge in [0.2, 0.25) is 0 Å². The van der Waals surface area contributed by atoms with Gasteiger partial charge in [0.1, 0.15) is 5.82 Å². The van der Waals surface area contributed by atoms with Crippen molar-refractivity contribution in [1.82, 2.24) is 14.8 Å². The lowest BCUT2D eigenvalue weighted by atomic mass is 10.1. The van der Waals surface area contributed by atoms with Crippen LogP contribution in [0.2, 0.25) is 0 Å². The molecule has 5 nitrogen and oxygen atoms in total. The van der Waals surface area contributed by atoms with Crippen molar-refractivity contribution in [2.24, 2.45) is 5.73 Å². The van der Waals surface area contributed by atoms with Crippen molar-refractivity contribution in [2.75, 3.05) is 33.7 Å². The van der Waals surface area contributed by atoms with Gasteiger partial charge in [-0.05, 0) is 39.1 Å². The molecule has 0 aromatic carbocycles. The molecule has 6 heteroatoms. The number of hydrogen-bond acceptors (Lipinski definition) is 5. The number of likely N-dealkylation sites (tertiary alicyclic amines) is 1. The Morgan fingerprint density at radius 2 is 2.29 bits per heavy atom. The Balaban J connectivity index is 1.87. The van der Waals surface area contributed by atoms with E-state index < -0.39 is 0 Å². The lowest BCUT2D eigenvalue weighted by Crippen LogP contribution is -2.38. The standard InChI is InChI=1S/C15H25FN4O/c1-19(2)9-12-7-13(21)10-20(12)6-5-14(17)15-4-3-11(16)8-18-15/h3-4,8,12-14,21H,5-7,9-10,17H2,1-2H3. The molecule has 1 aliphatic heterocycles. The van der Waals surface area contributed by atoms with Gasteiger partial charge >= 0.3 is 0 Å². The van der Waals surface area contributed by atoms with Crippen LogP contribution in [0.1, 0.15) is 24.6 Å². The summed E-state index contributed by atoms with van der Waals surface area (Å²) in [7, 11) is 4.08. The van der Waals surface area contributed by atoms with E-state index in [0.29, 0.717) is 18.3 Å². The van der Waals surface area contributed by atoms with E-state index in [1.54, 1.807) is 6.07 Å². The SMILES string of the molecule is CN(C)CC1CC(O)CN1CCC(N)c1ccc(F)cn1. The number of β-amino-alcohol motifs (C(OH)–C–C–N with tert-alkyl or cyclic N) is 1. The van der Waals surface area contributed by atoms with E-state index >= 15 is 0 Å². The summed E-state index contributed by atoms with van der Waals surface area (Å²) in [6, 6.07) is 3.18. The van der Waals surface area contributed by atoms with Gasteiger partial charge in [0.15, 0.2) is 0 Å². The molecule has 1 aromatic rings. The van der Waals surface area contributed by atoms with E-state index in [1.807, 2.05) is 14.1 Å². The van der Waals surface area contributed by atoms with Crippen LogP contribution < -0.4 is 5.73 Å². The molecule has 1 saturated heterocycles. The van der Waals surface area contributed by atoms with Crippen molar-refractivity contribution in [3.63, 3.8) is 0 Å². The summed E-state index contributed by atoms with van der Waals surface area (Å²) in [4.78, 5) is 8.45. The summed E-state index contributed by atoms with van der Waals surface area (Å²) in [5.41, 5.74) is 6.83. The average Bonchev–Trinajstić information content (AvgIpc) is 2.76. The van der Waals surface area contributed by atoms with Crippen LogP contribution in [0, 0.1) is 5.82 Å². The first-order chi connectivity index (χ1) is 9.95. The molecular weight excluding hydrogens is 271 g/mol. The van der Waals surface area contributed by atoms with Crippen LogP contribution in [0.4, 0.5) is 4.39 Å². The normalized spacial score (nSPS) is 24.7. The molecule has 2 heterocycles. The van der Waals surface area contributed by atoms with Crippen LogP contribution in [0.25, 0.3) is 0 Å². The van der Waals surface area contributed by atoms with Gasteiger partial charge in [-0.2, -0.15) is 0 Å². The zero-order valence-electron chi connectivity index (χ0n) is 12.7. The Morgan fingerprint density at radius 3 is 2.90 bits per heavy atom. The first-order valence-corrected chi connectivity index (χ1v) is 7.39. The molecule has 0 radical (unpaired) electrons. The number of aliphatic hydroxyl groups is 1. The predicted octanol–water partition coefficient (Wildman–Crippen LogP) is 0.607. The number of nitrogens with zero attached hydrogens (tertiary/aromatic N) is 3. The molecule has 0 amide bonds. The van der Waals surface area contributed by atoms with E-state index in [4.69, 9.17) is 5.73 Å². The lowest BCUT2D eigenvalue weighted by molar-refractivity contribution is 0.170. The third-order valence-electron chi connectivity index (χ3n) is 3.94. The number of likely N-dealkylation sites (N-methyl/N-ethyl adjacent to an activating group) is 1. The molecule has 0 bridgehead atoms. The molecule has 1 aliphatic rings. The second-order valence-electron chi connectivity index (χ2n) is 6.10. The van der Waals surface area contributed by atoms with Gasteiger partial charge in [0.05, 0.1) is 18.0 Å². The fraction of sp³-hybridized carbons (Fsp3) is 0.667. The molecule has 3 unspecified atom stereocenters. The molecule has 0 saturated carbocycles. The van der Waals surface area contributed by atoms with Crippen LogP contribution in [-0.4, -0.2) is 65.8 Å². The smallest absolute Gasteiger partial charge is 0.141 e. The molecule has 1 fully saturated rings. The van der Waals surface area contributed by atoms with Crippen molar-refractivity contribution < 1.29 is 9.50 Å². The number of rotatable bonds is 6.